The molecule has 1 aliphatic rings. The summed E-state index contributed by atoms with van der Waals surface area (Å²) in [4.78, 5) is 16.8. The van der Waals surface area contributed by atoms with Gasteiger partial charge in [0.2, 0.25) is 21.9 Å². The molecule has 12 heteroatoms. The summed E-state index contributed by atoms with van der Waals surface area (Å²) in [5, 5.41) is 0. The first-order valence-electron chi connectivity index (χ1n) is 9.34. The van der Waals surface area contributed by atoms with Crippen molar-refractivity contribution in [2.75, 3.05) is 37.0 Å². The molecule has 1 N–H and O–H groups in total. The topological polar surface area (TPSA) is 91.3 Å². The van der Waals surface area contributed by atoms with Gasteiger partial charge in [-0.05, 0) is 30.5 Å². The Morgan fingerprint density at radius 1 is 1.07 bits per heavy atom. The van der Waals surface area contributed by atoms with Gasteiger partial charge in [0.05, 0.1) is 17.9 Å². The van der Waals surface area contributed by atoms with Crippen LogP contribution in [0, 0.1) is 0 Å². The van der Waals surface area contributed by atoms with Crippen molar-refractivity contribution in [3.63, 3.8) is 0 Å². The standard InChI is InChI=1S/C18H23F3N6O2S/c1-26(2)16-23-15(24-17(25-16)27-9-3-4-10-27)11-22-30(28,29)12-13-5-7-14(8-6-13)18(19,20)21/h5-8,22H,3-4,9-12H2,1-2H3. The number of hydrogen-bond donors (Lipinski definition) is 1. The molecular weight excluding hydrogens is 421 g/mol. The fraction of sp³-hybridized carbons (Fsp3) is 0.500. The Balaban J connectivity index is 1.70. The van der Waals surface area contributed by atoms with Crippen molar-refractivity contribution in [2.24, 2.45) is 0 Å². The van der Waals surface area contributed by atoms with Gasteiger partial charge in [0.25, 0.3) is 0 Å². The maximum absolute atomic E-state index is 12.6. The van der Waals surface area contributed by atoms with Crippen molar-refractivity contribution in [1.82, 2.24) is 19.7 Å². The molecule has 2 aromatic rings. The molecular formula is C18H23F3N6O2S. The molecule has 1 aromatic carbocycles. The molecule has 8 nitrogen and oxygen atoms in total. The van der Waals surface area contributed by atoms with E-state index in [0.29, 0.717) is 11.9 Å². The van der Waals surface area contributed by atoms with Crippen LogP contribution in [0.5, 0.6) is 0 Å². The number of nitrogens with zero attached hydrogens (tertiary/aromatic N) is 5. The summed E-state index contributed by atoms with van der Waals surface area (Å²) in [6.45, 7) is 1.51. The summed E-state index contributed by atoms with van der Waals surface area (Å²) in [5.41, 5.74) is -0.578. The Hall–Kier alpha value is -2.47. The molecule has 1 saturated heterocycles. The predicted molar refractivity (Wildman–Crippen MR) is 107 cm³/mol. The van der Waals surface area contributed by atoms with E-state index in [1.165, 1.54) is 0 Å². The Labute approximate surface area is 173 Å². The van der Waals surface area contributed by atoms with E-state index < -0.39 is 27.5 Å². The van der Waals surface area contributed by atoms with Crippen LogP contribution in [0.3, 0.4) is 0 Å². The zero-order valence-electron chi connectivity index (χ0n) is 16.6. The van der Waals surface area contributed by atoms with Gasteiger partial charge in [-0.15, -0.1) is 0 Å². The fourth-order valence-corrected chi connectivity index (χ4v) is 4.05. The van der Waals surface area contributed by atoms with E-state index >= 15 is 0 Å². The second kappa shape index (κ2) is 8.72. The van der Waals surface area contributed by atoms with E-state index in [1.54, 1.807) is 19.0 Å². The maximum Gasteiger partial charge on any atom is 0.416 e. The normalized spacial score (nSPS) is 14.9. The molecule has 1 aromatic heterocycles. The lowest BCUT2D eigenvalue weighted by Gasteiger charge is -2.19. The van der Waals surface area contributed by atoms with Crippen LogP contribution in [0.2, 0.25) is 0 Å². The van der Waals surface area contributed by atoms with Gasteiger partial charge in [0.15, 0.2) is 5.82 Å². The van der Waals surface area contributed by atoms with E-state index in [2.05, 4.69) is 19.7 Å². The highest BCUT2D eigenvalue weighted by Crippen LogP contribution is 2.29. The number of nitrogens with one attached hydrogen (secondary N) is 1. The molecule has 0 spiro atoms. The number of rotatable bonds is 7. The van der Waals surface area contributed by atoms with Gasteiger partial charge < -0.3 is 9.80 Å². The van der Waals surface area contributed by atoms with Crippen molar-refractivity contribution in [3.8, 4) is 0 Å². The molecule has 0 aliphatic carbocycles. The summed E-state index contributed by atoms with van der Waals surface area (Å²) in [7, 11) is -0.246. The Morgan fingerprint density at radius 3 is 2.27 bits per heavy atom. The van der Waals surface area contributed by atoms with Gasteiger partial charge in [-0.1, -0.05) is 12.1 Å². The molecule has 1 fully saturated rings. The number of sulfonamides is 1. The van der Waals surface area contributed by atoms with Crippen LogP contribution in [0.1, 0.15) is 29.8 Å². The zero-order chi connectivity index (χ0) is 21.9. The van der Waals surface area contributed by atoms with Crippen molar-refractivity contribution < 1.29 is 21.6 Å². The van der Waals surface area contributed by atoms with Crippen molar-refractivity contribution in [2.45, 2.75) is 31.3 Å². The van der Waals surface area contributed by atoms with Crippen LogP contribution in [0.25, 0.3) is 0 Å². The van der Waals surface area contributed by atoms with Crippen LogP contribution in [-0.2, 0) is 28.5 Å². The van der Waals surface area contributed by atoms with E-state index in [-0.39, 0.29) is 17.9 Å². The average molecular weight is 444 g/mol. The lowest BCUT2D eigenvalue weighted by molar-refractivity contribution is -0.137. The van der Waals surface area contributed by atoms with Crippen LogP contribution < -0.4 is 14.5 Å². The minimum absolute atomic E-state index is 0.146. The second-order valence-electron chi connectivity index (χ2n) is 7.22. The molecule has 0 radical (unpaired) electrons. The largest absolute Gasteiger partial charge is 0.416 e. The van der Waals surface area contributed by atoms with E-state index in [1.807, 2.05) is 4.90 Å². The molecule has 0 saturated carbocycles. The van der Waals surface area contributed by atoms with Crippen LogP contribution in [0.15, 0.2) is 24.3 Å². The Kier molecular flexibility index (Phi) is 6.46. The van der Waals surface area contributed by atoms with Gasteiger partial charge in [0, 0.05) is 27.2 Å². The van der Waals surface area contributed by atoms with E-state index in [9.17, 15) is 21.6 Å². The monoisotopic (exact) mass is 444 g/mol. The van der Waals surface area contributed by atoms with Crippen LogP contribution in [-0.4, -0.2) is 50.6 Å². The third-order valence-electron chi connectivity index (χ3n) is 4.54. The van der Waals surface area contributed by atoms with Gasteiger partial charge in [-0.25, -0.2) is 13.1 Å². The minimum atomic E-state index is -4.47. The zero-order valence-corrected chi connectivity index (χ0v) is 17.5. The van der Waals surface area contributed by atoms with Gasteiger partial charge in [-0.3, -0.25) is 0 Å². The van der Waals surface area contributed by atoms with Gasteiger partial charge in [-0.2, -0.15) is 28.1 Å². The maximum atomic E-state index is 12.6. The Morgan fingerprint density at radius 2 is 1.70 bits per heavy atom. The molecule has 3 rings (SSSR count). The highest BCUT2D eigenvalue weighted by atomic mass is 32.2. The third kappa shape index (κ3) is 5.79. The highest BCUT2D eigenvalue weighted by Gasteiger charge is 2.30. The number of halogens is 3. The first-order valence-corrected chi connectivity index (χ1v) is 11.0. The number of anilines is 2. The summed E-state index contributed by atoms with van der Waals surface area (Å²) in [6.07, 6.45) is -2.39. The SMILES string of the molecule is CN(C)c1nc(CNS(=O)(=O)Cc2ccc(C(F)(F)F)cc2)nc(N2CCCC2)n1. The fourth-order valence-electron chi connectivity index (χ4n) is 2.97. The molecule has 0 amide bonds. The molecule has 0 unspecified atom stereocenters. The molecule has 2 heterocycles. The number of hydrogen-bond acceptors (Lipinski definition) is 7. The minimum Gasteiger partial charge on any atom is -0.347 e. The quantitative estimate of drug-likeness (QED) is 0.700. The lowest BCUT2D eigenvalue weighted by atomic mass is 10.1. The third-order valence-corrected chi connectivity index (χ3v) is 5.83. The average Bonchev–Trinajstić information content (AvgIpc) is 3.20. The van der Waals surface area contributed by atoms with E-state index in [4.69, 9.17) is 0 Å². The first kappa shape index (κ1) is 22.2. The smallest absolute Gasteiger partial charge is 0.347 e. The van der Waals surface area contributed by atoms with E-state index in [0.717, 1.165) is 50.2 Å². The lowest BCUT2D eigenvalue weighted by Crippen LogP contribution is -2.28. The number of aromatic nitrogens is 3. The second-order valence-corrected chi connectivity index (χ2v) is 9.02. The first-order chi connectivity index (χ1) is 14.0. The summed E-state index contributed by atoms with van der Waals surface area (Å²) in [6, 6.07) is 4.03. The highest BCUT2D eigenvalue weighted by molar-refractivity contribution is 7.88. The summed E-state index contributed by atoms with van der Waals surface area (Å²) in [5.74, 6) is 0.744. The molecule has 1 aliphatic heterocycles. The van der Waals surface area contributed by atoms with Crippen molar-refractivity contribution in [3.05, 3.63) is 41.2 Å². The van der Waals surface area contributed by atoms with Gasteiger partial charge >= 0.3 is 6.18 Å². The van der Waals surface area contributed by atoms with Gasteiger partial charge in [0.1, 0.15) is 0 Å². The molecule has 164 valence electrons. The number of alkyl halides is 3. The van der Waals surface area contributed by atoms with Crippen LogP contribution >= 0.6 is 0 Å². The summed E-state index contributed by atoms with van der Waals surface area (Å²) >= 11 is 0. The predicted octanol–water partition coefficient (Wildman–Crippen LogP) is 2.18. The Bertz CT molecular complexity index is 974. The summed E-state index contributed by atoms with van der Waals surface area (Å²) < 4.78 is 65.1. The number of benzene rings is 1. The molecule has 30 heavy (non-hydrogen) atoms. The van der Waals surface area contributed by atoms with Crippen molar-refractivity contribution in [1.29, 1.82) is 0 Å². The molecule has 0 bridgehead atoms. The van der Waals surface area contributed by atoms with Crippen LogP contribution in [0.4, 0.5) is 25.1 Å². The van der Waals surface area contributed by atoms with Crippen molar-refractivity contribution >= 4 is 21.9 Å². The molecule has 0 atom stereocenters.